The van der Waals surface area contributed by atoms with Crippen LogP contribution < -0.4 is 15.5 Å². The second-order valence-electron chi connectivity index (χ2n) is 11.3. The number of anilines is 1. The van der Waals surface area contributed by atoms with Crippen LogP contribution >= 0.6 is 0 Å². The molecule has 2 fully saturated rings. The van der Waals surface area contributed by atoms with E-state index in [0.717, 1.165) is 24.8 Å². The van der Waals surface area contributed by atoms with Gasteiger partial charge in [0.2, 0.25) is 11.8 Å². The van der Waals surface area contributed by atoms with Gasteiger partial charge >= 0.3 is 12.1 Å². The van der Waals surface area contributed by atoms with Crippen molar-refractivity contribution in [2.24, 2.45) is 5.92 Å². The molecule has 13 heteroatoms. The van der Waals surface area contributed by atoms with Crippen LogP contribution in [0.1, 0.15) is 49.5 Å². The molecule has 0 aliphatic carbocycles. The fraction of sp³-hybridized carbons (Fsp3) is 0.500. The van der Waals surface area contributed by atoms with Gasteiger partial charge in [-0.05, 0) is 25.0 Å². The number of amides is 4. The highest BCUT2D eigenvalue weighted by Crippen LogP contribution is 2.29. The largest absolute Gasteiger partial charge is 0.481 e. The van der Waals surface area contributed by atoms with Gasteiger partial charge in [0.15, 0.2) is 0 Å². The molecule has 1 aromatic heterocycles. The summed E-state index contributed by atoms with van der Waals surface area (Å²) >= 11 is 0. The van der Waals surface area contributed by atoms with Crippen molar-refractivity contribution in [3.63, 3.8) is 0 Å². The molecule has 13 nitrogen and oxygen atoms in total. The molecule has 4 amide bonds. The molecule has 2 saturated heterocycles. The molecular weight excluding hydrogens is 580 g/mol. The van der Waals surface area contributed by atoms with Gasteiger partial charge in [-0.25, -0.2) is 9.78 Å². The van der Waals surface area contributed by atoms with Crippen LogP contribution in [-0.4, -0.2) is 109 Å². The van der Waals surface area contributed by atoms with Crippen LogP contribution in [0.4, 0.5) is 10.5 Å². The number of pyridine rings is 1. The van der Waals surface area contributed by atoms with Gasteiger partial charge in [0.25, 0.3) is 5.91 Å². The number of hydrogen-bond acceptors (Lipinski definition) is 8. The van der Waals surface area contributed by atoms with Gasteiger partial charge < -0.3 is 35.2 Å². The molecule has 45 heavy (non-hydrogen) atoms. The molecule has 0 spiro atoms. The van der Waals surface area contributed by atoms with E-state index in [0.29, 0.717) is 31.1 Å². The first-order valence-corrected chi connectivity index (χ1v) is 15.5. The molecule has 0 bridgehead atoms. The van der Waals surface area contributed by atoms with Gasteiger partial charge in [-0.2, -0.15) is 0 Å². The van der Waals surface area contributed by atoms with Crippen molar-refractivity contribution in [1.29, 1.82) is 0 Å². The number of carboxylic acids is 1. The van der Waals surface area contributed by atoms with Crippen molar-refractivity contribution in [3.05, 3.63) is 48.2 Å². The van der Waals surface area contributed by atoms with Crippen LogP contribution in [0.3, 0.4) is 0 Å². The number of aromatic nitrogens is 1. The Bertz CT molecular complexity index is 1360. The Kier molecular flexibility index (Phi) is 11.7. The molecule has 1 atom stereocenters. The van der Waals surface area contributed by atoms with E-state index >= 15 is 0 Å². The van der Waals surface area contributed by atoms with Gasteiger partial charge in [-0.3, -0.25) is 19.2 Å². The Balaban J connectivity index is 1.47. The first kappa shape index (κ1) is 33.2. The third-order valence-corrected chi connectivity index (χ3v) is 8.05. The molecule has 0 radical (unpaired) electrons. The Morgan fingerprint density at radius 1 is 1.00 bits per heavy atom. The lowest BCUT2D eigenvalue weighted by Crippen LogP contribution is -2.56. The topological polar surface area (TPSA) is 161 Å². The van der Waals surface area contributed by atoms with Crippen LogP contribution in [0.2, 0.25) is 0 Å². The lowest BCUT2D eigenvalue weighted by Gasteiger charge is -2.40. The van der Waals surface area contributed by atoms with E-state index in [1.54, 1.807) is 18.0 Å². The monoisotopic (exact) mass is 622 g/mol. The minimum absolute atomic E-state index is 0.0500. The summed E-state index contributed by atoms with van der Waals surface area (Å²) < 4.78 is 5.33. The highest BCUT2D eigenvalue weighted by Gasteiger charge is 2.34. The Morgan fingerprint density at radius 2 is 1.69 bits per heavy atom. The summed E-state index contributed by atoms with van der Waals surface area (Å²) in [4.78, 5) is 72.7. The van der Waals surface area contributed by atoms with E-state index in [1.807, 2.05) is 41.3 Å². The number of rotatable bonds is 13. The zero-order chi connectivity index (χ0) is 32.3. The van der Waals surface area contributed by atoms with Crippen molar-refractivity contribution >= 4 is 35.5 Å². The van der Waals surface area contributed by atoms with Gasteiger partial charge in [0, 0.05) is 64.0 Å². The number of nitrogens with zero attached hydrogens (tertiary/aromatic N) is 4. The SMILES string of the molecule is CCCCCOC(=O)N1CCN(C(=O)[C@H](CCC(=O)O)NC(=O)c2cc(N3CC(C(=O)NC)C3)cc(-c3ccccc3)n2)CC1. The summed E-state index contributed by atoms with van der Waals surface area (Å²) in [6, 6.07) is 11.7. The molecule has 0 unspecified atom stereocenters. The van der Waals surface area contributed by atoms with E-state index in [4.69, 9.17) is 4.74 Å². The van der Waals surface area contributed by atoms with Gasteiger partial charge in [0.05, 0.1) is 18.2 Å². The summed E-state index contributed by atoms with van der Waals surface area (Å²) in [5.41, 5.74) is 2.11. The van der Waals surface area contributed by atoms with E-state index in [1.165, 1.54) is 4.90 Å². The summed E-state index contributed by atoms with van der Waals surface area (Å²) in [6.45, 7) is 4.39. The fourth-order valence-corrected chi connectivity index (χ4v) is 5.32. The average molecular weight is 623 g/mol. The zero-order valence-corrected chi connectivity index (χ0v) is 25.9. The van der Waals surface area contributed by atoms with Crippen molar-refractivity contribution in [1.82, 2.24) is 25.4 Å². The van der Waals surface area contributed by atoms with Crippen LogP contribution in [-0.2, 0) is 19.1 Å². The second-order valence-corrected chi connectivity index (χ2v) is 11.3. The van der Waals surface area contributed by atoms with E-state index < -0.39 is 29.9 Å². The maximum absolute atomic E-state index is 13.6. The number of unbranched alkanes of at least 4 members (excludes halogenated alkanes) is 2. The predicted octanol–water partition coefficient (Wildman–Crippen LogP) is 2.37. The molecule has 2 aromatic rings. The second kappa shape index (κ2) is 15.9. The fourth-order valence-electron chi connectivity index (χ4n) is 5.32. The molecule has 242 valence electrons. The third kappa shape index (κ3) is 8.93. The number of aliphatic carboxylic acids is 1. The summed E-state index contributed by atoms with van der Waals surface area (Å²) in [6.07, 6.45) is 1.94. The number of carbonyl (C=O) groups is 5. The van der Waals surface area contributed by atoms with Gasteiger partial charge in [0.1, 0.15) is 11.7 Å². The Hall–Kier alpha value is -4.68. The van der Waals surface area contributed by atoms with Crippen LogP contribution in [0.15, 0.2) is 42.5 Å². The number of nitrogens with one attached hydrogen (secondary N) is 2. The maximum atomic E-state index is 13.6. The number of ether oxygens (including phenoxy) is 1. The van der Waals surface area contributed by atoms with Crippen LogP contribution in [0.25, 0.3) is 11.3 Å². The number of benzene rings is 1. The zero-order valence-electron chi connectivity index (χ0n) is 25.9. The number of carbonyl (C=O) groups excluding carboxylic acids is 4. The third-order valence-electron chi connectivity index (χ3n) is 8.05. The van der Waals surface area contributed by atoms with E-state index in [2.05, 4.69) is 22.5 Å². The van der Waals surface area contributed by atoms with E-state index in [-0.39, 0.29) is 56.5 Å². The summed E-state index contributed by atoms with van der Waals surface area (Å²) in [7, 11) is 1.60. The first-order chi connectivity index (χ1) is 21.7. The summed E-state index contributed by atoms with van der Waals surface area (Å²) in [5, 5.41) is 14.7. The molecular formula is C32H42N6O7. The van der Waals surface area contributed by atoms with Gasteiger partial charge in [-0.15, -0.1) is 0 Å². The standard InChI is InChI=1S/C32H42N6O7/c1-3-4-8-17-45-32(44)37-15-13-36(14-16-37)31(43)25(11-12-28(39)40)35-30(42)27-19-24(38-20-23(21-38)29(41)33-2)18-26(34-27)22-9-6-5-7-10-22/h5-7,9-10,18-19,23,25H,3-4,8,11-17,20-21H2,1-2H3,(H,33,41)(H,35,42)(H,39,40)/t25-/m0/s1. The lowest BCUT2D eigenvalue weighted by atomic mass is 9.97. The first-order valence-electron chi connectivity index (χ1n) is 15.5. The molecule has 0 saturated carbocycles. The molecule has 2 aliphatic rings. The molecule has 2 aliphatic heterocycles. The Labute approximate surface area is 262 Å². The van der Waals surface area contributed by atoms with Crippen molar-refractivity contribution in [2.75, 3.05) is 57.8 Å². The quantitative estimate of drug-likeness (QED) is 0.285. The normalized spacial score (nSPS) is 15.6. The maximum Gasteiger partial charge on any atom is 0.409 e. The van der Waals surface area contributed by atoms with Crippen LogP contribution in [0, 0.1) is 5.92 Å². The smallest absolute Gasteiger partial charge is 0.409 e. The van der Waals surface area contributed by atoms with Crippen molar-refractivity contribution in [2.45, 2.75) is 45.1 Å². The molecule has 3 N–H and O–H groups in total. The minimum Gasteiger partial charge on any atom is -0.481 e. The molecule has 3 heterocycles. The number of hydrogen-bond donors (Lipinski definition) is 3. The molecule has 1 aromatic carbocycles. The predicted molar refractivity (Wildman–Crippen MR) is 167 cm³/mol. The minimum atomic E-state index is -1.10. The molecule has 4 rings (SSSR count). The van der Waals surface area contributed by atoms with E-state index in [9.17, 15) is 29.1 Å². The Morgan fingerprint density at radius 3 is 2.33 bits per heavy atom. The summed E-state index contributed by atoms with van der Waals surface area (Å²) in [5.74, 6) is -2.34. The van der Waals surface area contributed by atoms with Crippen LogP contribution in [0.5, 0.6) is 0 Å². The van der Waals surface area contributed by atoms with Gasteiger partial charge in [-0.1, -0.05) is 50.1 Å². The highest BCUT2D eigenvalue weighted by molar-refractivity contribution is 5.97. The number of piperazine rings is 1. The number of carboxylic acid groups (broad SMARTS) is 1. The van der Waals surface area contributed by atoms with Crippen molar-refractivity contribution in [3.8, 4) is 11.3 Å². The van der Waals surface area contributed by atoms with Crippen molar-refractivity contribution < 1.29 is 33.8 Å². The lowest BCUT2D eigenvalue weighted by molar-refractivity contribution is -0.138. The average Bonchev–Trinajstić information content (AvgIpc) is 3.04. The highest BCUT2D eigenvalue weighted by atomic mass is 16.6.